The van der Waals surface area contributed by atoms with Crippen molar-refractivity contribution in [2.24, 2.45) is 5.10 Å². The Balaban J connectivity index is 2.20. The lowest BCUT2D eigenvalue weighted by atomic mass is 10.1. The first-order chi connectivity index (χ1) is 10.4. The van der Waals surface area contributed by atoms with E-state index < -0.39 is 10.0 Å². The highest BCUT2D eigenvalue weighted by atomic mass is 35.5. The van der Waals surface area contributed by atoms with Crippen molar-refractivity contribution in [3.63, 3.8) is 0 Å². The van der Waals surface area contributed by atoms with Gasteiger partial charge in [-0.3, -0.25) is 0 Å². The highest BCUT2D eigenvalue weighted by molar-refractivity contribution is 7.89. The minimum atomic E-state index is -3.72. The first kappa shape index (κ1) is 16.3. The van der Waals surface area contributed by atoms with Gasteiger partial charge in [-0.05, 0) is 43.3 Å². The number of ether oxygens (including phenoxy) is 1. The summed E-state index contributed by atoms with van der Waals surface area (Å²) in [5, 5.41) is 4.40. The highest BCUT2D eigenvalue weighted by Crippen LogP contribution is 2.15. The Hall–Kier alpha value is -2.05. The largest absolute Gasteiger partial charge is 0.497 e. The molecule has 0 spiro atoms. The normalized spacial score (nSPS) is 12.0. The zero-order valence-corrected chi connectivity index (χ0v) is 13.6. The molecule has 22 heavy (non-hydrogen) atoms. The van der Waals surface area contributed by atoms with Crippen LogP contribution in [0.2, 0.25) is 5.02 Å². The molecule has 0 unspecified atom stereocenters. The molecule has 2 rings (SSSR count). The molecule has 2 aromatic carbocycles. The Bertz CT molecular complexity index is 787. The minimum Gasteiger partial charge on any atom is -0.497 e. The lowest BCUT2D eigenvalue weighted by Gasteiger charge is -2.06. The number of benzene rings is 2. The van der Waals surface area contributed by atoms with Crippen molar-refractivity contribution >= 4 is 27.3 Å². The van der Waals surface area contributed by atoms with Crippen molar-refractivity contribution in [3.05, 3.63) is 59.1 Å². The third-order valence-corrected chi connectivity index (χ3v) is 4.42. The number of hydrogen-bond acceptors (Lipinski definition) is 4. The number of methoxy groups -OCH3 is 1. The van der Waals surface area contributed by atoms with Gasteiger partial charge in [0.1, 0.15) is 5.75 Å². The number of sulfonamides is 1. The lowest BCUT2D eigenvalue weighted by molar-refractivity contribution is 0.414. The molecule has 0 amide bonds. The van der Waals surface area contributed by atoms with Gasteiger partial charge in [-0.1, -0.05) is 23.7 Å². The topological polar surface area (TPSA) is 67.8 Å². The maximum Gasteiger partial charge on any atom is 0.276 e. The third-order valence-electron chi connectivity index (χ3n) is 2.94. The van der Waals surface area contributed by atoms with Crippen LogP contribution >= 0.6 is 11.6 Å². The Morgan fingerprint density at radius 2 is 1.86 bits per heavy atom. The lowest BCUT2D eigenvalue weighted by Crippen LogP contribution is -2.19. The van der Waals surface area contributed by atoms with Crippen LogP contribution in [0.1, 0.15) is 12.5 Å². The van der Waals surface area contributed by atoms with Crippen LogP contribution in [0.4, 0.5) is 0 Å². The van der Waals surface area contributed by atoms with Crippen LogP contribution in [0.25, 0.3) is 0 Å². The zero-order chi connectivity index (χ0) is 16.2. The predicted molar refractivity (Wildman–Crippen MR) is 87.0 cm³/mol. The smallest absolute Gasteiger partial charge is 0.276 e. The SMILES string of the molecule is COc1cccc(/C(C)=N\NS(=O)(=O)c2ccc(Cl)cc2)c1. The van der Waals surface area contributed by atoms with Crippen LogP contribution in [0.15, 0.2) is 58.5 Å². The first-order valence-electron chi connectivity index (χ1n) is 6.38. The van der Waals surface area contributed by atoms with Gasteiger partial charge in [0.25, 0.3) is 10.0 Å². The van der Waals surface area contributed by atoms with Gasteiger partial charge >= 0.3 is 0 Å². The second kappa shape index (κ2) is 6.81. The fraction of sp³-hybridized carbons (Fsp3) is 0.133. The van der Waals surface area contributed by atoms with E-state index in [1.807, 2.05) is 6.07 Å². The molecule has 0 aliphatic carbocycles. The molecule has 0 bridgehead atoms. The van der Waals surface area contributed by atoms with Gasteiger partial charge in [0.15, 0.2) is 0 Å². The summed E-state index contributed by atoms with van der Waals surface area (Å²) in [7, 11) is -2.16. The number of hydrogen-bond donors (Lipinski definition) is 1. The van der Waals surface area contributed by atoms with E-state index in [9.17, 15) is 8.42 Å². The number of nitrogens with zero attached hydrogens (tertiary/aromatic N) is 1. The highest BCUT2D eigenvalue weighted by Gasteiger charge is 2.12. The number of nitrogens with one attached hydrogen (secondary N) is 1. The van der Waals surface area contributed by atoms with Crippen LogP contribution in [0.3, 0.4) is 0 Å². The van der Waals surface area contributed by atoms with Crippen molar-refractivity contribution in [3.8, 4) is 5.75 Å². The standard InChI is InChI=1S/C15H15ClN2O3S/c1-11(12-4-3-5-14(10-12)21-2)17-18-22(19,20)15-8-6-13(16)7-9-15/h3-10,18H,1-2H3/b17-11-. The fourth-order valence-electron chi connectivity index (χ4n) is 1.71. The molecular formula is C15H15ClN2O3S. The molecular weight excluding hydrogens is 324 g/mol. The third kappa shape index (κ3) is 3.99. The van der Waals surface area contributed by atoms with E-state index in [4.69, 9.17) is 16.3 Å². The fourth-order valence-corrected chi connectivity index (χ4v) is 2.69. The molecule has 0 saturated heterocycles. The number of rotatable bonds is 5. The number of hydrazone groups is 1. The summed E-state index contributed by atoms with van der Waals surface area (Å²) >= 11 is 5.74. The molecule has 0 aliphatic heterocycles. The number of halogens is 1. The summed E-state index contributed by atoms with van der Waals surface area (Å²) in [6.45, 7) is 1.71. The molecule has 5 nitrogen and oxygen atoms in total. The van der Waals surface area contributed by atoms with E-state index in [-0.39, 0.29) is 4.90 Å². The molecule has 2 aromatic rings. The predicted octanol–water partition coefficient (Wildman–Crippen LogP) is 3.05. The van der Waals surface area contributed by atoms with Crippen LogP contribution in [-0.2, 0) is 10.0 Å². The van der Waals surface area contributed by atoms with Crippen LogP contribution in [0, 0.1) is 0 Å². The van der Waals surface area contributed by atoms with Crippen molar-refractivity contribution in [2.75, 3.05) is 7.11 Å². The second-order valence-electron chi connectivity index (χ2n) is 4.48. The van der Waals surface area contributed by atoms with Crippen molar-refractivity contribution in [1.82, 2.24) is 4.83 Å². The molecule has 0 radical (unpaired) electrons. The maximum absolute atomic E-state index is 12.1. The van der Waals surface area contributed by atoms with Gasteiger partial charge in [-0.25, -0.2) is 0 Å². The second-order valence-corrected chi connectivity index (χ2v) is 6.58. The van der Waals surface area contributed by atoms with E-state index in [1.54, 1.807) is 32.2 Å². The Morgan fingerprint density at radius 3 is 2.50 bits per heavy atom. The summed E-state index contributed by atoms with van der Waals surface area (Å²) < 4.78 is 29.4. The summed E-state index contributed by atoms with van der Waals surface area (Å²) in [5.74, 6) is 0.674. The van der Waals surface area contributed by atoms with Crippen molar-refractivity contribution in [2.45, 2.75) is 11.8 Å². The molecule has 116 valence electrons. The summed E-state index contributed by atoms with van der Waals surface area (Å²) in [6, 6.07) is 13.1. The van der Waals surface area contributed by atoms with Gasteiger partial charge < -0.3 is 4.74 Å². The molecule has 0 aliphatic rings. The minimum absolute atomic E-state index is 0.0964. The van der Waals surface area contributed by atoms with E-state index in [2.05, 4.69) is 9.93 Å². The van der Waals surface area contributed by atoms with Gasteiger partial charge in [0.2, 0.25) is 0 Å². The Kier molecular flexibility index (Phi) is 5.05. The van der Waals surface area contributed by atoms with Gasteiger partial charge in [-0.2, -0.15) is 18.4 Å². The van der Waals surface area contributed by atoms with E-state index >= 15 is 0 Å². The first-order valence-corrected chi connectivity index (χ1v) is 8.24. The Labute approximate surface area is 134 Å². The molecule has 7 heteroatoms. The quantitative estimate of drug-likeness (QED) is 0.673. The molecule has 0 fully saturated rings. The van der Waals surface area contributed by atoms with E-state index in [0.29, 0.717) is 16.5 Å². The molecule has 0 aromatic heterocycles. The van der Waals surface area contributed by atoms with Crippen molar-refractivity contribution < 1.29 is 13.2 Å². The summed E-state index contributed by atoms with van der Waals surface area (Å²) in [4.78, 5) is 2.30. The molecule has 0 heterocycles. The van der Waals surface area contributed by atoms with Crippen LogP contribution < -0.4 is 9.57 Å². The molecule has 1 N–H and O–H groups in total. The van der Waals surface area contributed by atoms with Crippen LogP contribution in [0.5, 0.6) is 5.75 Å². The average molecular weight is 339 g/mol. The molecule has 0 atom stereocenters. The summed E-state index contributed by atoms with van der Waals surface area (Å²) in [5.41, 5.74) is 1.29. The Morgan fingerprint density at radius 1 is 1.18 bits per heavy atom. The summed E-state index contributed by atoms with van der Waals surface area (Å²) in [6.07, 6.45) is 0. The van der Waals surface area contributed by atoms with E-state index in [0.717, 1.165) is 5.56 Å². The average Bonchev–Trinajstić information content (AvgIpc) is 2.53. The van der Waals surface area contributed by atoms with Gasteiger partial charge in [0.05, 0.1) is 17.7 Å². The maximum atomic E-state index is 12.1. The van der Waals surface area contributed by atoms with Crippen LogP contribution in [-0.4, -0.2) is 21.2 Å². The van der Waals surface area contributed by atoms with Gasteiger partial charge in [-0.15, -0.1) is 0 Å². The molecule has 0 saturated carbocycles. The van der Waals surface area contributed by atoms with Gasteiger partial charge in [0, 0.05) is 10.6 Å². The van der Waals surface area contributed by atoms with E-state index in [1.165, 1.54) is 24.3 Å². The zero-order valence-electron chi connectivity index (χ0n) is 12.1. The monoisotopic (exact) mass is 338 g/mol. The van der Waals surface area contributed by atoms with Crippen molar-refractivity contribution in [1.29, 1.82) is 0 Å².